The van der Waals surface area contributed by atoms with Gasteiger partial charge in [0, 0.05) is 38.1 Å². The molecule has 0 aliphatic rings. The highest BCUT2D eigenvalue weighted by molar-refractivity contribution is 5.96. The Kier molecular flexibility index (Phi) is 3.65. The summed E-state index contributed by atoms with van der Waals surface area (Å²) in [4.78, 5) is 15.0. The lowest BCUT2D eigenvalue weighted by atomic mass is 10.2. The van der Waals surface area contributed by atoms with Crippen molar-refractivity contribution in [2.24, 2.45) is 7.05 Å². The number of nitrogens with one attached hydrogen (secondary N) is 1. The van der Waals surface area contributed by atoms with Crippen LogP contribution < -0.4 is 11.1 Å². The molecule has 2 aromatic rings. The minimum atomic E-state index is -1.06. The molecular weight excluding hydrogens is 246 g/mol. The molecule has 4 N–H and O–H groups in total. The quantitative estimate of drug-likeness (QED) is 0.733. The molecule has 0 saturated carbocycles. The maximum absolute atomic E-state index is 10.9. The van der Waals surface area contributed by atoms with Crippen LogP contribution in [0.3, 0.4) is 0 Å². The number of anilines is 2. The Balaban J connectivity index is 2.02. The Bertz CT molecular complexity index is 594. The van der Waals surface area contributed by atoms with Gasteiger partial charge < -0.3 is 16.2 Å². The number of nitrogens with zero attached hydrogens (tertiary/aromatic N) is 3. The Morgan fingerprint density at radius 1 is 1.47 bits per heavy atom. The lowest BCUT2D eigenvalue weighted by Crippen LogP contribution is -2.12. The number of aromatic carboxylic acids is 1. The average molecular weight is 261 g/mol. The SMILES string of the molecule is Cn1nccc1CCNc1nccc(C(=O)O)c1N. The molecule has 0 amide bonds. The Labute approximate surface area is 110 Å². The minimum Gasteiger partial charge on any atom is -0.478 e. The molecular formula is C12H15N5O2. The summed E-state index contributed by atoms with van der Waals surface area (Å²) in [5, 5.41) is 16.1. The number of carbonyl (C=O) groups is 1. The lowest BCUT2D eigenvalue weighted by Gasteiger charge is -2.09. The first-order chi connectivity index (χ1) is 9.09. The second-order valence-corrected chi connectivity index (χ2v) is 4.05. The van der Waals surface area contributed by atoms with Gasteiger partial charge in [0.05, 0.1) is 11.3 Å². The number of nitrogens with two attached hydrogens (primary N) is 1. The summed E-state index contributed by atoms with van der Waals surface area (Å²) in [7, 11) is 1.87. The van der Waals surface area contributed by atoms with Crippen molar-refractivity contribution in [3.05, 3.63) is 35.8 Å². The predicted octanol–water partition coefficient (Wildman–Crippen LogP) is 0.750. The summed E-state index contributed by atoms with van der Waals surface area (Å²) in [6.45, 7) is 0.597. The topological polar surface area (TPSA) is 106 Å². The number of nitrogen functional groups attached to an aromatic ring is 1. The molecule has 0 bridgehead atoms. The molecule has 0 unspecified atom stereocenters. The van der Waals surface area contributed by atoms with Crippen molar-refractivity contribution in [2.45, 2.75) is 6.42 Å². The summed E-state index contributed by atoms with van der Waals surface area (Å²) < 4.78 is 1.78. The van der Waals surface area contributed by atoms with Crippen molar-refractivity contribution in [2.75, 3.05) is 17.6 Å². The Morgan fingerprint density at radius 2 is 2.26 bits per heavy atom. The van der Waals surface area contributed by atoms with E-state index in [1.807, 2.05) is 13.1 Å². The number of rotatable bonds is 5. The van der Waals surface area contributed by atoms with Crippen LogP contribution in [-0.4, -0.2) is 32.4 Å². The van der Waals surface area contributed by atoms with E-state index in [9.17, 15) is 4.79 Å². The van der Waals surface area contributed by atoms with Gasteiger partial charge in [-0.2, -0.15) is 5.10 Å². The zero-order valence-electron chi connectivity index (χ0n) is 10.5. The van der Waals surface area contributed by atoms with Gasteiger partial charge in [-0.25, -0.2) is 9.78 Å². The maximum Gasteiger partial charge on any atom is 0.337 e. The first-order valence-corrected chi connectivity index (χ1v) is 5.78. The molecule has 0 atom stereocenters. The van der Waals surface area contributed by atoms with Gasteiger partial charge in [0.2, 0.25) is 0 Å². The summed E-state index contributed by atoms with van der Waals surface area (Å²) in [5.41, 5.74) is 7.03. The number of carboxylic acid groups (broad SMARTS) is 1. The van der Waals surface area contributed by atoms with Gasteiger partial charge in [-0.3, -0.25) is 4.68 Å². The molecule has 0 spiro atoms. The molecule has 2 rings (SSSR count). The highest BCUT2D eigenvalue weighted by atomic mass is 16.4. The van der Waals surface area contributed by atoms with Gasteiger partial charge in [-0.1, -0.05) is 0 Å². The average Bonchev–Trinajstić information content (AvgIpc) is 2.77. The second-order valence-electron chi connectivity index (χ2n) is 4.05. The van der Waals surface area contributed by atoms with Gasteiger partial charge in [0.1, 0.15) is 5.82 Å². The van der Waals surface area contributed by atoms with Crippen LogP contribution in [0.2, 0.25) is 0 Å². The molecule has 2 aromatic heterocycles. The third kappa shape index (κ3) is 2.82. The third-order valence-electron chi connectivity index (χ3n) is 2.82. The van der Waals surface area contributed by atoms with Crippen LogP contribution in [0, 0.1) is 0 Å². The van der Waals surface area contributed by atoms with Crippen LogP contribution in [0.25, 0.3) is 0 Å². The predicted molar refractivity (Wildman–Crippen MR) is 71.0 cm³/mol. The Morgan fingerprint density at radius 3 is 2.89 bits per heavy atom. The van der Waals surface area contributed by atoms with Crippen molar-refractivity contribution in [1.82, 2.24) is 14.8 Å². The van der Waals surface area contributed by atoms with Gasteiger partial charge in [-0.15, -0.1) is 0 Å². The molecule has 0 aliphatic carbocycles. The van der Waals surface area contributed by atoms with Gasteiger partial charge in [0.25, 0.3) is 0 Å². The monoisotopic (exact) mass is 261 g/mol. The van der Waals surface area contributed by atoms with E-state index in [-0.39, 0.29) is 11.3 Å². The smallest absolute Gasteiger partial charge is 0.337 e. The maximum atomic E-state index is 10.9. The van der Waals surface area contributed by atoms with Crippen molar-refractivity contribution in [3.63, 3.8) is 0 Å². The first kappa shape index (κ1) is 12.9. The zero-order valence-corrected chi connectivity index (χ0v) is 10.5. The third-order valence-corrected chi connectivity index (χ3v) is 2.82. The van der Waals surface area contributed by atoms with Crippen LogP contribution in [0.15, 0.2) is 24.5 Å². The van der Waals surface area contributed by atoms with E-state index in [1.165, 1.54) is 12.3 Å². The highest BCUT2D eigenvalue weighted by Crippen LogP contribution is 2.19. The molecule has 0 aliphatic heterocycles. The number of aryl methyl sites for hydroxylation is 1. The number of aromatic nitrogens is 3. The van der Waals surface area contributed by atoms with Crippen LogP contribution in [0.5, 0.6) is 0 Å². The molecule has 0 saturated heterocycles. The van der Waals surface area contributed by atoms with E-state index < -0.39 is 5.97 Å². The number of hydrogen-bond donors (Lipinski definition) is 3. The number of pyridine rings is 1. The molecule has 2 heterocycles. The van der Waals surface area contributed by atoms with Crippen LogP contribution in [0.4, 0.5) is 11.5 Å². The van der Waals surface area contributed by atoms with E-state index in [0.717, 1.165) is 12.1 Å². The molecule has 0 aromatic carbocycles. The fraction of sp³-hybridized carbons (Fsp3) is 0.250. The fourth-order valence-electron chi connectivity index (χ4n) is 1.76. The number of carboxylic acids is 1. The summed E-state index contributed by atoms with van der Waals surface area (Å²) in [5.74, 6) is -0.670. The summed E-state index contributed by atoms with van der Waals surface area (Å²) >= 11 is 0. The first-order valence-electron chi connectivity index (χ1n) is 5.78. The standard InChI is InChI=1S/C12H15N5O2/c1-17-8(3-7-16-17)2-5-14-11-10(13)9(12(18)19)4-6-15-11/h3-4,6-7H,2,5,13H2,1H3,(H,14,15)(H,18,19). The summed E-state index contributed by atoms with van der Waals surface area (Å²) in [6.07, 6.45) is 3.90. The number of hydrogen-bond acceptors (Lipinski definition) is 5. The normalized spacial score (nSPS) is 10.4. The zero-order chi connectivity index (χ0) is 13.8. The molecule has 0 fully saturated rings. The van der Waals surface area contributed by atoms with Crippen LogP contribution in [0.1, 0.15) is 16.1 Å². The molecule has 19 heavy (non-hydrogen) atoms. The highest BCUT2D eigenvalue weighted by Gasteiger charge is 2.11. The van der Waals surface area contributed by atoms with E-state index in [2.05, 4.69) is 15.4 Å². The molecule has 7 heteroatoms. The second kappa shape index (κ2) is 5.38. The van der Waals surface area contributed by atoms with E-state index in [1.54, 1.807) is 10.9 Å². The molecule has 0 radical (unpaired) electrons. The minimum absolute atomic E-state index is 0.0537. The van der Waals surface area contributed by atoms with E-state index >= 15 is 0 Å². The van der Waals surface area contributed by atoms with Crippen LogP contribution in [-0.2, 0) is 13.5 Å². The van der Waals surface area contributed by atoms with E-state index in [4.69, 9.17) is 10.8 Å². The largest absolute Gasteiger partial charge is 0.478 e. The lowest BCUT2D eigenvalue weighted by molar-refractivity contribution is 0.0698. The van der Waals surface area contributed by atoms with Gasteiger partial charge in [-0.05, 0) is 12.1 Å². The molecule has 7 nitrogen and oxygen atoms in total. The van der Waals surface area contributed by atoms with Crippen molar-refractivity contribution in [1.29, 1.82) is 0 Å². The van der Waals surface area contributed by atoms with Gasteiger partial charge >= 0.3 is 5.97 Å². The van der Waals surface area contributed by atoms with Crippen molar-refractivity contribution < 1.29 is 9.90 Å². The fourth-order valence-corrected chi connectivity index (χ4v) is 1.76. The molecule has 100 valence electrons. The Hall–Kier alpha value is -2.57. The van der Waals surface area contributed by atoms with Gasteiger partial charge in [0.15, 0.2) is 0 Å². The van der Waals surface area contributed by atoms with Crippen molar-refractivity contribution in [3.8, 4) is 0 Å². The van der Waals surface area contributed by atoms with Crippen molar-refractivity contribution >= 4 is 17.5 Å². The van der Waals surface area contributed by atoms with E-state index in [0.29, 0.717) is 12.4 Å². The van der Waals surface area contributed by atoms with Crippen LogP contribution >= 0.6 is 0 Å². The summed E-state index contributed by atoms with van der Waals surface area (Å²) in [6, 6.07) is 3.30.